The molecule has 0 spiro atoms. The molecule has 0 N–H and O–H groups in total. The highest BCUT2D eigenvalue weighted by Crippen LogP contribution is 2.45. The van der Waals surface area contributed by atoms with Crippen LogP contribution in [0.2, 0.25) is 0 Å². The molecule has 0 saturated heterocycles. The number of hydrogen-bond acceptors (Lipinski definition) is 3. The Balaban J connectivity index is 1.23. The molecule has 0 aliphatic rings. The molecular weight excluding hydrogens is 948 g/mol. The molecule has 0 saturated carbocycles. The fourth-order valence-corrected chi connectivity index (χ4v) is 10.4. The van der Waals surface area contributed by atoms with Crippen molar-refractivity contribution in [3.63, 3.8) is 0 Å². The molecule has 0 atom stereocenters. The van der Waals surface area contributed by atoms with Crippen molar-refractivity contribution in [3.8, 4) is 85.2 Å². The SMILES string of the molecule is [C-]#[N+]c1ccc(-c2ccc3c4ccc(-c5ccc(C#N)cc5)cc4n(-c4cc(-c5ccccc5C(F)(F)F)cc(-n5c6cc(-c7ccc(C#N)cc7)ccc6c6ccc(-c7ccc([N+]#[C-])cc7)cc65)c4C#N)c3c2)cc1. The Morgan fingerprint density at radius 1 is 0.368 bits per heavy atom. The van der Waals surface area contributed by atoms with Gasteiger partial charge in [-0.25, -0.2) is 9.69 Å². The molecule has 76 heavy (non-hydrogen) atoms. The van der Waals surface area contributed by atoms with E-state index in [1.807, 2.05) is 130 Å². The minimum Gasteiger partial charge on any atom is -0.308 e. The standard InChI is InChI=1S/C66H34F3N7/c1-73-51-23-15-44(16-24-51)48-21-29-56-54-27-19-46(42-11-7-40(37-70)8-12-42)31-60(54)75(62(56)33-48)64-35-50(53-5-3-4-6-59(53)66(67,68)69)36-65(58(64)39-72)76-61-32-47(43-13-9-41(38-71)10-14-43)20-28-55(61)57-30-22-49(34-63(57)76)45-17-25-52(74-2)26-18-45/h3-36H. The summed E-state index contributed by atoms with van der Waals surface area (Å²) >= 11 is 0. The second-order valence-electron chi connectivity index (χ2n) is 18.3. The maximum Gasteiger partial charge on any atom is 0.417 e. The topological polar surface area (TPSA) is 89.9 Å². The van der Waals surface area contributed by atoms with Crippen molar-refractivity contribution in [2.24, 2.45) is 0 Å². The molecule has 12 aromatic rings. The molecule has 7 nitrogen and oxygen atoms in total. The van der Waals surface area contributed by atoms with Crippen LogP contribution >= 0.6 is 0 Å². The van der Waals surface area contributed by atoms with Gasteiger partial charge in [0.1, 0.15) is 11.6 Å². The fraction of sp³-hybridized carbons (Fsp3) is 0.0152. The van der Waals surface area contributed by atoms with E-state index in [0.29, 0.717) is 55.9 Å². The molecule has 0 bridgehead atoms. The molecule has 0 radical (unpaired) electrons. The molecule has 12 rings (SSSR count). The van der Waals surface area contributed by atoms with Gasteiger partial charge in [-0.2, -0.15) is 29.0 Å². The van der Waals surface area contributed by atoms with Crippen molar-refractivity contribution < 1.29 is 13.2 Å². The lowest BCUT2D eigenvalue weighted by atomic mass is 9.95. The van der Waals surface area contributed by atoms with Gasteiger partial charge in [0.25, 0.3) is 0 Å². The number of rotatable bonds is 7. The van der Waals surface area contributed by atoms with Crippen molar-refractivity contribution >= 4 is 55.0 Å². The zero-order chi connectivity index (χ0) is 52.2. The van der Waals surface area contributed by atoms with Crippen molar-refractivity contribution in [2.45, 2.75) is 6.18 Å². The number of hydrogen-bond donors (Lipinski definition) is 0. The van der Waals surface area contributed by atoms with Crippen LogP contribution in [-0.2, 0) is 6.18 Å². The summed E-state index contributed by atoms with van der Waals surface area (Å²) in [6.07, 6.45) is -4.74. The molecule has 0 aliphatic carbocycles. The molecule has 0 aliphatic heterocycles. The first-order valence-electron chi connectivity index (χ1n) is 23.9. The summed E-state index contributed by atoms with van der Waals surface area (Å²) in [7, 11) is 0. The van der Waals surface area contributed by atoms with E-state index in [1.54, 1.807) is 66.7 Å². The van der Waals surface area contributed by atoms with Crippen molar-refractivity contribution in [2.75, 3.05) is 0 Å². The van der Waals surface area contributed by atoms with Crippen LogP contribution in [0.1, 0.15) is 22.3 Å². The smallest absolute Gasteiger partial charge is 0.308 e. The Hall–Kier alpha value is -11.0. The zero-order valence-electron chi connectivity index (χ0n) is 39.9. The molecule has 10 aromatic carbocycles. The Morgan fingerprint density at radius 2 is 0.697 bits per heavy atom. The molecule has 2 heterocycles. The van der Waals surface area contributed by atoms with E-state index in [1.165, 1.54) is 12.1 Å². The van der Waals surface area contributed by atoms with Gasteiger partial charge in [0, 0.05) is 21.5 Å². The van der Waals surface area contributed by atoms with Crippen LogP contribution in [-0.4, -0.2) is 9.13 Å². The Kier molecular flexibility index (Phi) is 11.1. The average molecular weight is 982 g/mol. The summed E-state index contributed by atoms with van der Waals surface area (Å²) in [5.41, 5.74) is 11.4. The average Bonchev–Trinajstić information content (AvgIpc) is 4.00. The number of alkyl halides is 3. The van der Waals surface area contributed by atoms with Crippen LogP contribution in [0.15, 0.2) is 206 Å². The van der Waals surface area contributed by atoms with Crippen LogP contribution in [0.5, 0.6) is 0 Å². The van der Waals surface area contributed by atoms with Crippen molar-refractivity contribution in [1.82, 2.24) is 9.13 Å². The first-order valence-corrected chi connectivity index (χ1v) is 23.9. The molecule has 0 fully saturated rings. The predicted octanol–water partition coefficient (Wildman–Crippen LogP) is 18.0. The van der Waals surface area contributed by atoms with E-state index in [9.17, 15) is 15.8 Å². The van der Waals surface area contributed by atoms with Crippen LogP contribution in [0, 0.1) is 47.1 Å². The first-order chi connectivity index (χ1) is 37.0. The van der Waals surface area contributed by atoms with Crippen LogP contribution < -0.4 is 0 Å². The summed E-state index contributed by atoms with van der Waals surface area (Å²) < 4.78 is 50.0. The van der Waals surface area contributed by atoms with E-state index < -0.39 is 11.7 Å². The summed E-state index contributed by atoms with van der Waals surface area (Å²) in [5.74, 6) is 0. The minimum absolute atomic E-state index is 0.0822. The summed E-state index contributed by atoms with van der Waals surface area (Å²) in [4.78, 5) is 7.16. The number of benzene rings is 10. The van der Waals surface area contributed by atoms with Crippen LogP contribution in [0.4, 0.5) is 24.5 Å². The number of fused-ring (bicyclic) bond motifs is 6. The monoisotopic (exact) mass is 981 g/mol. The normalized spacial score (nSPS) is 11.3. The largest absolute Gasteiger partial charge is 0.417 e. The quantitative estimate of drug-likeness (QED) is 0.149. The molecule has 354 valence electrons. The van der Waals surface area contributed by atoms with Gasteiger partial charge in [0.2, 0.25) is 0 Å². The second kappa shape index (κ2) is 18.3. The zero-order valence-corrected chi connectivity index (χ0v) is 39.9. The molecule has 10 heteroatoms. The second-order valence-corrected chi connectivity index (χ2v) is 18.3. The van der Waals surface area contributed by atoms with Crippen LogP contribution in [0.25, 0.3) is 120 Å². The molecule has 0 unspecified atom stereocenters. The highest BCUT2D eigenvalue weighted by molar-refractivity contribution is 6.13. The van der Waals surface area contributed by atoms with Gasteiger partial charge in [0.05, 0.1) is 75.4 Å². The number of nitrogens with zero attached hydrogens (tertiary/aromatic N) is 7. The Labute approximate surface area is 433 Å². The summed E-state index contributed by atoms with van der Waals surface area (Å²) in [6.45, 7) is 15.1. The Bertz CT molecular complexity index is 4100. The molecule has 0 amide bonds. The van der Waals surface area contributed by atoms with E-state index >= 15 is 13.2 Å². The highest BCUT2D eigenvalue weighted by Gasteiger charge is 2.34. The third kappa shape index (κ3) is 7.83. The van der Waals surface area contributed by atoms with Gasteiger partial charge in [-0.05, 0) is 122 Å². The van der Waals surface area contributed by atoms with Gasteiger partial charge >= 0.3 is 6.18 Å². The summed E-state index contributed by atoms with van der Waals surface area (Å²) in [5, 5.41) is 34.5. The molecular formula is C66H34F3N7. The fourth-order valence-electron chi connectivity index (χ4n) is 10.4. The van der Waals surface area contributed by atoms with Gasteiger partial charge in [0.15, 0.2) is 11.4 Å². The van der Waals surface area contributed by atoms with E-state index in [0.717, 1.165) is 72.1 Å². The first kappa shape index (κ1) is 46.1. The van der Waals surface area contributed by atoms with Crippen LogP contribution in [0.3, 0.4) is 0 Å². The van der Waals surface area contributed by atoms with Gasteiger partial charge in [-0.1, -0.05) is 140 Å². The maximum absolute atomic E-state index is 15.3. The summed E-state index contributed by atoms with van der Waals surface area (Å²) in [6, 6.07) is 68.8. The predicted molar refractivity (Wildman–Crippen MR) is 294 cm³/mol. The molecule has 2 aromatic heterocycles. The Morgan fingerprint density at radius 3 is 1.01 bits per heavy atom. The minimum atomic E-state index is -4.74. The van der Waals surface area contributed by atoms with Gasteiger partial charge < -0.3 is 9.13 Å². The third-order valence-electron chi connectivity index (χ3n) is 14.1. The highest BCUT2D eigenvalue weighted by atomic mass is 19.4. The number of halogens is 3. The van der Waals surface area contributed by atoms with Gasteiger partial charge in [-0.15, -0.1) is 0 Å². The van der Waals surface area contributed by atoms with E-state index in [4.69, 9.17) is 13.1 Å². The third-order valence-corrected chi connectivity index (χ3v) is 14.1. The number of nitriles is 3. The van der Waals surface area contributed by atoms with E-state index in [-0.39, 0.29) is 16.7 Å². The lowest BCUT2D eigenvalue weighted by Crippen LogP contribution is -2.09. The van der Waals surface area contributed by atoms with E-state index in [2.05, 4.69) is 27.9 Å². The number of aromatic nitrogens is 2. The van der Waals surface area contributed by atoms with Crippen molar-refractivity contribution in [1.29, 1.82) is 15.8 Å². The maximum atomic E-state index is 15.3. The van der Waals surface area contributed by atoms with Crippen molar-refractivity contribution in [3.05, 3.63) is 251 Å². The van der Waals surface area contributed by atoms with Gasteiger partial charge in [-0.3, -0.25) is 0 Å². The lowest BCUT2D eigenvalue weighted by molar-refractivity contribution is -0.137. The lowest BCUT2D eigenvalue weighted by Gasteiger charge is -2.20.